The van der Waals surface area contributed by atoms with Crippen molar-refractivity contribution in [2.45, 2.75) is 72.4 Å². The van der Waals surface area contributed by atoms with Crippen LogP contribution in [0, 0.1) is 10.8 Å². The van der Waals surface area contributed by atoms with Crippen LogP contribution in [0.1, 0.15) is 86.3 Å². The van der Waals surface area contributed by atoms with Crippen molar-refractivity contribution < 1.29 is 24.2 Å². The Morgan fingerprint density at radius 2 is 1.40 bits per heavy atom. The number of benzene rings is 3. The van der Waals surface area contributed by atoms with E-state index in [0.29, 0.717) is 36.3 Å². The minimum atomic E-state index is -0.981. The number of ketones is 2. The first-order valence-electron chi connectivity index (χ1n) is 15.4. The molecule has 0 aromatic heterocycles. The zero-order valence-corrected chi connectivity index (χ0v) is 27.7. The highest BCUT2D eigenvalue weighted by Gasteiger charge is 2.49. The minimum absolute atomic E-state index is 0.0729. The van der Waals surface area contributed by atoms with Gasteiger partial charge >= 0.3 is 5.97 Å². The van der Waals surface area contributed by atoms with Gasteiger partial charge < -0.3 is 14.7 Å². The Kier molecular flexibility index (Phi) is 8.10. The van der Waals surface area contributed by atoms with Crippen LogP contribution >= 0.6 is 15.9 Å². The van der Waals surface area contributed by atoms with E-state index in [0.717, 1.165) is 45.4 Å². The lowest BCUT2D eigenvalue weighted by molar-refractivity contribution is -0.119. The van der Waals surface area contributed by atoms with Crippen LogP contribution in [0.5, 0.6) is 5.75 Å². The number of carbonyl (C=O) groups excluding carboxylic acids is 2. The van der Waals surface area contributed by atoms with Crippen molar-refractivity contribution in [1.29, 1.82) is 0 Å². The van der Waals surface area contributed by atoms with Crippen molar-refractivity contribution in [2.75, 3.05) is 0 Å². The maximum Gasteiger partial charge on any atom is 0.335 e. The van der Waals surface area contributed by atoms with Gasteiger partial charge in [0.15, 0.2) is 11.6 Å². The highest BCUT2D eigenvalue weighted by atomic mass is 79.9. The monoisotopic (exact) mass is 667 g/mol. The topological polar surface area (TPSA) is 83.9 Å². The van der Waals surface area contributed by atoms with Crippen LogP contribution in [0.25, 0.3) is 0 Å². The molecule has 3 aromatic carbocycles. The number of halogens is 1. The van der Waals surface area contributed by atoms with Gasteiger partial charge in [-0.25, -0.2) is 4.79 Å². The molecule has 3 aliphatic rings. The molecule has 0 unspecified atom stereocenters. The molecular weight excluding hydrogens is 630 g/mol. The molecule has 0 bridgehead atoms. The first kappa shape index (κ1) is 31.0. The predicted octanol–water partition coefficient (Wildman–Crippen LogP) is 8.61. The molecule has 2 aliphatic carbocycles. The second kappa shape index (κ2) is 11.8. The fourth-order valence-corrected chi connectivity index (χ4v) is 7.48. The third-order valence-electron chi connectivity index (χ3n) is 9.08. The number of allylic oxidation sites excluding steroid dienone is 4. The van der Waals surface area contributed by atoms with E-state index in [9.17, 15) is 19.5 Å². The van der Waals surface area contributed by atoms with E-state index >= 15 is 0 Å². The van der Waals surface area contributed by atoms with Crippen LogP contribution in [0.2, 0.25) is 0 Å². The number of nitrogens with zero attached hydrogens (tertiary/aromatic N) is 1. The summed E-state index contributed by atoms with van der Waals surface area (Å²) in [7, 11) is 0. The number of carbonyl (C=O) groups is 3. The van der Waals surface area contributed by atoms with Gasteiger partial charge in [-0.2, -0.15) is 0 Å². The zero-order chi connectivity index (χ0) is 32.1. The fourth-order valence-electron chi connectivity index (χ4n) is 7.10. The lowest BCUT2D eigenvalue weighted by Crippen LogP contribution is -2.44. The summed E-state index contributed by atoms with van der Waals surface area (Å²) in [6.45, 7) is 9.38. The van der Waals surface area contributed by atoms with Crippen molar-refractivity contribution >= 4 is 33.5 Å². The van der Waals surface area contributed by atoms with E-state index in [1.807, 2.05) is 36.4 Å². The Hall–Kier alpha value is -3.97. The molecular formula is C38H38BrNO5. The van der Waals surface area contributed by atoms with Gasteiger partial charge in [-0.1, -0.05) is 86.1 Å². The molecule has 7 heteroatoms. The molecule has 3 aromatic rings. The summed E-state index contributed by atoms with van der Waals surface area (Å²) in [4.78, 5) is 42.2. The second-order valence-corrected chi connectivity index (χ2v) is 15.0. The molecule has 1 N–H and O–H groups in total. The van der Waals surface area contributed by atoms with Crippen molar-refractivity contribution in [1.82, 2.24) is 4.90 Å². The number of rotatable bonds is 7. The average Bonchev–Trinajstić information content (AvgIpc) is 2.96. The van der Waals surface area contributed by atoms with Crippen LogP contribution in [-0.4, -0.2) is 27.5 Å². The number of carboxylic acids is 1. The summed E-state index contributed by atoms with van der Waals surface area (Å²) in [6, 6.07) is 22.6. The van der Waals surface area contributed by atoms with Gasteiger partial charge in [0.05, 0.1) is 5.56 Å². The molecule has 0 spiro atoms. The van der Waals surface area contributed by atoms with Gasteiger partial charge in [0.25, 0.3) is 0 Å². The third kappa shape index (κ3) is 6.28. The lowest BCUT2D eigenvalue weighted by Gasteiger charge is -2.49. The van der Waals surface area contributed by atoms with Crippen LogP contribution in [-0.2, 0) is 22.7 Å². The van der Waals surface area contributed by atoms with E-state index in [1.54, 1.807) is 24.3 Å². The maximum atomic E-state index is 14.3. The van der Waals surface area contributed by atoms with E-state index in [1.165, 1.54) is 0 Å². The van der Waals surface area contributed by atoms with Crippen molar-refractivity contribution in [3.63, 3.8) is 0 Å². The highest BCUT2D eigenvalue weighted by molar-refractivity contribution is 9.10. The molecule has 1 aliphatic heterocycles. The van der Waals surface area contributed by atoms with Crippen LogP contribution in [0.4, 0.5) is 0 Å². The Morgan fingerprint density at radius 1 is 0.822 bits per heavy atom. The first-order chi connectivity index (χ1) is 21.3. The van der Waals surface area contributed by atoms with E-state index in [2.05, 4.69) is 60.7 Å². The summed E-state index contributed by atoms with van der Waals surface area (Å²) in [5, 5.41) is 9.29. The zero-order valence-electron chi connectivity index (χ0n) is 26.2. The molecule has 6 rings (SSSR count). The van der Waals surface area contributed by atoms with Crippen LogP contribution in [0.15, 0.2) is 99.8 Å². The Morgan fingerprint density at radius 3 is 1.96 bits per heavy atom. The number of Topliss-reactive ketones (excluding diaryl/α,β-unsaturated/α-hetero) is 2. The largest absolute Gasteiger partial charge is 0.489 e. The molecule has 0 radical (unpaired) electrons. The van der Waals surface area contributed by atoms with Crippen LogP contribution < -0.4 is 4.74 Å². The smallest absolute Gasteiger partial charge is 0.335 e. The van der Waals surface area contributed by atoms with Crippen molar-refractivity contribution in [3.05, 3.63) is 122 Å². The standard InChI is InChI=1S/C38H38BrNO5/c1-37(2)17-28-34(30(41)19-37)33(27-16-26(39)14-15-32(27)45-22-24-10-12-25(13-11-24)36(43)44)35-29(18-38(3,4)20-31(35)42)40(28)21-23-8-6-5-7-9-23/h5-16,33H,17-22H2,1-4H3,(H,43,44). The summed E-state index contributed by atoms with van der Waals surface area (Å²) < 4.78 is 7.25. The number of carboxylic acid groups (broad SMARTS) is 1. The number of hydrogen-bond donors (Lipinski definition) is 1. The molecule has 0 atom stereocenters. The molecule has 0 saturated heterocycles. The summed E-state index contributed by atoms with van der Waals surface area (Å²) >= 11 is 3.66. The van der Waals surface area contributed by atoms with Gasteiger partial charge in [0.1, 0.15) is 12.4 Å². The summed E-state index contributed by atoms with van der Waals surface area (Å²) in [5.41, 5.74) is 5.90. The average molecular weight is 669 g/mol. The van der Waals surface area contributed by atoms with Crippen molar-refractivity contribution in [3.8, 4) is 5.75 Å². The normalized spacial score (nSPS) is 19.4. The van der Waals surface area contributed by atoms with Gasteiger partial charge in [-0.3, -0.25) is 9.59 Å². The molecule has 0 fully saturated rings. The minimum Gasteiger partial charge on any atom is -0.489 e. The molecule has 232 valence electrons. The third-order valence-corrected chi connectivity index (χ3v) is 9.58. The Labute approximate surface area is 272 Å². The lowest BCUT2D eigenvalue weighted by atomic mass is 9.63. The Bertz CT molecular complexity index is 1700. The highest BCUT2D eigenvalue weighted by Crippen LogP contribution is 2.56. The number of hydrogen-bond acceptors (Lipinski definition) is 5. The number of aromatic carboxylic acids is 1. The predicted molar refractivity (Wildman–Crippen MR) is 177 cm³/mol. The second-order valence-electron chi connectivity index (χ2n) is 14.1. The Balaban J connectivity index is 1.51. The van der Waals surface area contributed by atoms with Gasteiger partial charge in [0.2, 0.25) is 0 Å². The SMILES string of the molecule is CC1(C)CC(=O)C2=C(C1)N(Cc1ccccc1)C1=C(C(=O)CC(C)(C)C1)C2c1cc(Br)ccc1OCc1ccc(C(=O)O)cc1. The van der Waals surface area contributed by atoms with Crippen LogP contribution in [0.3, 0.4) is 0 Å². The quantitative estimate of drug-likeness (QED) is 0.272. The van der Waals surface area contributed by atoms with Gasteiger partial charge in [-0.15, -0.1) is 0 Å². The maximum absolute atomic E-state index is 14.3. The molecule has 0 amide bonds. The molecule has 45 heavy (non-hydrogen) atoms. The first-order valence-corrected chi connectivity index (χ1v) is 16.2. The summed E-state index contributed by atoms with van der Waals surface area (Å²) in [5.74, 6) is -0.787. The van der Waals surface area contributed by atoms with E-state index in [-0.39, 0.29) is 34.6 Å². The fraction of sp³-hybridized carbons (Fsp3) is 0.342. The van der Waals surface area contributed by atoms with E-state index in [4.69, 9.17) is 4.74 Å². The number of ether oxygens (including phenoxy) is 1. The molecule has 6 nitrogen and oxygen atoms in total. The van der Waals surface area contributed by atoms with Gasteiger partial charge in [0, 0.05) is 57.9 Å². The van der Waals surface area contributed by atoms with E-state index < -0.39 is 11.9 Å². The summed E-state index contributed by atoms with van der Waals surface area (Å²) in [6.07, 6.45) is 2.26. The van der Waals surface area contributed by atoms with Crippen molar-refractivity contribution in [2.24, 2.45) is 10.8 Å². The van der Waals surface area contributed by atoms with Gasteiger partial charge in [-0.05, 0) is 65.1 Å². The molecule has 0 saturated carbocycles. The molecule has 1 heterocycles.